The molecule has 0 bridgehead atoms. The topological polar surface area (TPSA) is 34.4 Å². The van der Waals surface area contributed by atoms with E-state index in [-0.39, 0.29) is 6.04 Å². The Morgan fingerprint density at radius 3 is 2.56 bits per heavy atom. The van der Waals surface area contributed by atoms with Crippen molar-refractivity contribution < 1.29 is 9.15 Å². The van der Waals surface area contributed by atoms with E-state index in [9.17, 15) is 0 Å². The van der Waals surface area contributed by atoms with Crippen LogP contribution >= 0.6 is 0 Å². The van der Waals surface area contributed by atoms with E-state index in [0.29, 0.717) is 0 Å². The highest BCUT2D eigenvalue weighted by molar-refractivity contribution is 5.32. The molecule has 18 heavy (non-hydrogen) atoms. The molecule has 0 aliphatic heterocycles. The minimum atomic E-state index is 0.103. The zero-order valence-electron chi connectivity index (χ0n) is 10.8. The summed E-state index contributed by atoms with van der Waals surface area (Å²) in [5, 5.41) is 3.49. The third-order valence-electron chi connectivity index (χ3n) is 2.88. The highest BCUT2D eigenvalue weighted by atomic mass is 16.5. The van der Waals surface area contributed by atoms with Gasteiger partial charge in [-0.1, -0.05) is 19.1 Å². The van der Waals surface area contributed by atoms with Crippen LogP contribution < -0.4 is 10.1 Å². The summed E-state index contributed by atoms with van der Waals surface area (Å²) in [4.78, 5) is 0. The summed E-state index contributed by atoms with van der Waals surface area (Å²) < 4.78 is 10.7. The van der Waals surface area contributed by atoms with Gasteiger partial charge in [-0.05, 0) is 42.8 Å². The predicted molar refractivity (Wildman–Crippen MR) is 71.8 cm³/mol. The van der Waals surface area contributed by atoms with Crippen molar-refractivity contribution in [3.05, 3.63) is 54.0 Å². The quantitative estimate of drug-likeness (QED) is 0.847. The van der Waals surface area contributed by atoms with E-state index in [1.54, 1.807) is 13.4 Å². The molecule has 3 heteroatoms. The van der Waals surface area contributed by atoms with Gasteiger partial charge in [0.15, 0.2) is 0 Å². The smallest absolute Gasteiger partial charge is 0.125 e. The molecule has 1 atom stereocenters. The van der Waals surface area contributed by atoms with Gasteiger partial charge in [-0.25, -0.2) is 0 Å². The number of rotatable bonds is 6. The molecule has 0 spiro atoms. The minimum absolute atomic E-state index is 0.103. The monoisotopic (exact) mass is 245 g/mol. The molecule has 2 aromatic rings. The zero-order valence-corrected chi connectivity index (χ0v) is 10.8. The number of hydrogen-bond acceptors (Lipinski definition) is 3. The summed E-state index contributed by atoms with van der Waals surface area (Å²) >= 11 is 0. The minimum Gasteiger partial charge on any atom is -0.497 e. The molecule has 0 aliphatic carbocycles. The fourth-order valence-corrected chi connectivity index (χ4v) is 1.92. The third kappa shape index (κ3) is 2.93. The Morgan fingerprint density at radius 2 is 2.00 bits per heavy atom. The lowest BCUT2D eigenvalue weighted by molar-refractivity contribution is 0.413. The van der Waals surface area contributed by atoms with E-state index >= 15 is 0 Å². The summed E-state index contributed by atoms with van der Waals surface area (Å²) in [5.74, 6) is 1.81. The molecule has 1 N–H and O–H groups in total. The van der Waals surface area contributed by atoms with Gasteiger partial charge in [-0.3, -0.25) is 0 Å². The number of ether oxygens (including phenoxy) is 1. The van der Waals surface area contributed by atoms with Gasteiger partial charge in [0, 0.05) is 0 Å². The second-order valence-corrected chi connectivity index (χ2v) is 4.18. The Bertz CT molecular complexity index is 448. The summed E-state index contributed by atoms with van der Waals surface area (Å²) in [6.07, 6.45) is 2.80. The molecular formula is C15H19NO2. The van der Waals surface area contributed by atoms with Crippen LogP contribution in [0.4, 0.5) is 0 Å². The van der Waals surface area contributed by atoms with Gasteiger partial charge in [0.25, 0.3) is 0 Å². The van der Waals surface area contributed by atoms with Crippen molar-refractivity contribution in [3.63, 3.8) is 0 Å². The van der Waals surface area contributed by atoms with E-state index in [2.05, 4.69) is 24.4 Å². The van der Waals surface area contributed by atoms with Gasteiger partial charge in [0.2, 0.25) is 0 Å². The first-order chi connectivity index (χ1) is 8.85. The van der Waals surface area contributed by atoms with Crippen molar-refractivity contribution in [3.8, 4) is 5.75 Å². The molecule has 1 aromatic carbocycles. The standard InChI is InChI=1S/C15H19NO2/c1-3-10-16-15(14-5-4-11-18-14)12-6-8-13(17-2)9-7-12/h4-9,11,15-16H,3,10H2,1-2H3. The van der Waals surface area contributed by atoms with E-state index in [4.69, 9.17) is 9.15 Å². The van der Waals surface area contributed by atoms with Crippen LogP contribution in [0.15, 0.2) is 47.1 Å². The molecule has 1 unspecified atom stereocenters. The second kappa shape index (κ2) is 6.26. The maximum absolute atomic E-state index is 5.51. The lowest BCUT2D eigenvalue weighted by Gasteiger charge is -2.17. The first-order valence-electron chi connectivity index (χ1n) is 6.26. The van der Waals surface area contributed by atoms with Gasteiger partial charge >= 0.3 is 0 Å². The summed E-state index contributed by atoms with van der Waals surface area (Å²) in [6, 6.07) is 12.1. The van der Waals surface area contributed by atoms with Crippen molar-refractivity contribution in [2.24, 2.45) is 0 Å². The Hall–Kier alpha value is -1.74. The average molecular weight is 245 g/mol. The van der Waals surface area contributed by atoms with Gasteiger partial charge in [-0.2, -0.15) is 0 Å². The molecule has 96 valence electrons. The number of hydrogen-bond donors (Lipinski definition) is 1. The highest BCUT2D eigenvalue weighted by Gasteiger charge is 2.15. The average Bonchev–Trinajstić information content (AvgIpc) is 2.94. The number of benzene rings is 1. The van der Waals surface area contributed by atoms with E-state index < -0.39 is 0 Å². The van der Waals surface area contributed by atoms with E-state index in [1.807, 2.05) is 24.3 Å². The van der Waals surface area contributed by atoms with Crippen LogP contribution in [0.5, 0.6) is 5.75 Å². The first kappa shape index (κ1) is 12.7. The number of nitrogens with one attached hydrogen (secondary N) is 1. The van der Waals surface area contributed by atoms with Crippen molar-refractivity contribution in [1.82, 2.24) is 5.32 Å². The van der Waals surface area contributed by atoms with Gasteiger partial charge < -0.3 is 14.5 Å². The van der Waals surface area contributed by atoms with Crippen LogP contribution in [0.3, 0.4) is 0 Å². The molecule has 2 rings (SSSR count). The molecule has 3 nitrogen and oxygen atoms in total. The van der Waals surface area contributed by atoms with Crippen molar-refractivity contribution in [2.45, 2.75) is 19.4 Å². The normalized spacial score (nSPS) is 12.3. The SMILES string of the molecule is CCCNC(c1ccc(OC)cc1)c1ccco1. The molecule has 0 amide bonds. The lowest BCUT2D eigenvalue weighted by atomic mass is 10.0. The Balaban J connectivity index is 2.21. The fraction of sp³-hybridized carbons (Fsp3) is 0.333. The van der Waals surface area contributed by atoms with Crippen LogP contribution in [0.2, 0.25) is 0 Å². The molecule has 0 saturated carbocycles. The first-order valence-corrected chi connectivity index (χ1v) is 6.26. The van der Waals surface area contributed by atoms with E-state index in [0.717, 1.165) is 24.5 Å². The molecule has 1 aromatic heterocycles. The third-order valence-corrected chi connectivity index (χ3v) is 2.88. The van der Waals surface area contributed by atoms with Crippen LogP contribution in [-0.2, 0) is 0 Å². The summed E-state index contributed by atoms with van der Waals surface area (Å²) in [7, 11) is 1.67. The van der Waals surface area contributed by atoms with Crippen LogP contribution in [0, 0.1) is 0 Å². The molecule has 1 heterocycles. The molecule has 0 saturated heterocycles. The van der Waals surface area contributed by atoms with Crippen LogP contribution in [0.25, 0.3) is 0 Å². The molecule has 0 fully saturated rings. The summed E-state index contributed by atoms with van der Waals surface area (Å²) in [6.45, 7) is 3.11. The van der Waals surface area contributed by atoms with Crippen molar-refractivity contribution in [1.29, 1.82) is 0 Å². The molecule has 0 radical (unpaired) electrons. The Kier molecular flexibility index (Phi) is 4.42. The fourth-order valence-electron chi connectivity index (χ4n) is 1.92. The van der Waals surface area contributed by atoms with Crippen molar-refractivity contribution >= 4 is 0 Å². The Labute approximate surface area is 108 Å². The summed E-state index contributed by atoms with van der Waals surface area (Å²) in [5.41, 5.74) is 1.18. The van der Waals surface area contributed by atoms with Gasteiger partial charge in [-0.15, -0.1) is 0 Å². The highest BCUT2D eigenvalue weighted by Crippen LogP contribution is 2.24. The molecule has 0 aliphatic rings. The largest absolute Gasteiger partial charge is 0.497 e. The maximum Gasteiger partial charge on any atom is 0.125 e. The number of furan rings is 1. The van der Waals surface area contributed by atoms with Crippen LogP contribution in [-0.4, -0.2) is 13.7 Å². The van der Waals surface area contributed by atoms with Crippen LogP contribution in [0.1, 0.15) is 30.7 Å². The maximum atomic E-state index is 5.51. The molecular weight excluding hydrogens is 226 g/mol. The van der Waals surface area contributed by atoms with Gasteiger partial charge in [0.05, 0.1) is 19.4 Å². The second-order valence-electron chi connectivity index (χ2n) is 4.18. The van der Waals surface area contributed by atoms with E-state index in [1.165, 1.54) is 5.56 Å². The Morgan fingerprint density at radius 1 is 1.22 bits per heavy atom. The van der Waals surface area contributed by atoms with Crippen molar-refractivity contribution in [2.75, 3.05) is 13.7 Å². The predicted octanol–water partition coefficient (Wildman–Crippen LogP) is 3.38. The lowest BCUT2D eigenvalue weighted by Crippen LogP contribution is -2.22. The number of methoxy groups -OCH3 is 1. The van der Waals surface area contributed by atoms with Gasteiger partial charge in [0.1, 0.15) is 11.5 Å². The zero-order chi connectivity index (χ0) is 12.8.